The Morgan fingerprint density at radius 2 is 1.58 bits per heavy atom. The maximum atomic E-state index is 14.1. The third-order valence-corrected chi connectivity index (χ3v) is 14.9. The predicted octanol–water partition coefficient (Wildman–Crippen LogP) is 8.85. The second kappa shape index (κ2) is 19.9. The summed E-state index contributed by atoms with van der Waals surface area (Å²) in [6, 6.07) is 34.6. The van der Waals surface area contributed by atoms with E-state index in [1.807, 2.05) is 83.6 Å². The van der Waals surface area contributed by atoms with Crippen molar-refractivity contribution in [1.29, 1.82) is 0 Å². The van der Waals surface area contributed by atoms with Crippen molar-refractivity contribution in [1.82, 2.24) is 9.62 Å². The predicted molar refractivity (Wildman–Crippen MR) is 238 cm³/mol. The van der Waals surface area contributed by atoms with Crippen LogP contribution in [-0.2, 0) is 19.9 Å². The summed E-state index contributed by atoms with van der Waals surface area (Å²) in [4.78, 5) is 15.6. The molecule has 2 atom stereocenters. The molecule has 10 nitrogen and oxygen atoms in total. The van der Waals surface area contributed by atoms with Gasteiger partial charge in [0.15, 0.2) is 0 Å². The first-order chi connectivity index (χ1) is 29.5. The Labute approximate surface area is 369 Å². The second-order valence-corrected chi connectivity index (χ2v) is 19.9. The Bertz CT molecular complexity index is 2610. The summed E-state index contributed by atoms with van der Waals surface area (Å²) in [5.74, 6) is -0.798. The fraction of sp³-hybridized carbons (Fsp3) is 0.267. The van der Waals surface area contributed by atoms with Gasteiger partial charge in [0.05, 0.1) is 16.7 Å². The summed E-state index contributed by atoms with van der Waals surface area (Å²) in [5, 5.41) is 15.0. The van der Waals surface area contributed by atoms with Crippen molar-refractivity contribution >= 4 is 60.5 Å². The van der Waals surface area contributed by atoms with Gasteiger partial charge in [0.2, 0.25) is 0 Å². The molecule has 5 aromatic rings. The zero-order valence-corrected chi connectivity index (χ0v) is 36.6. The highest BCUT2D eigenvalue weighted by Crippen LogP contribution is 2.39. The van der Waals surface area contributed by atoms with E-state index < -0.39 is 58.9 Å². The number of hydrogen-bond donors (Lipinski definition) is 3. The quantitative estimate of drug-likeness (QED) is 0.0501. The standard InChI is InChI=1S/C45H44ClF3N4O6S3/c1-3-52(2)26-25-35(30-60-37-9-5-4-6-10-37)50-41-22-21-38(29-42(41)61(56,57)45(47,48)49)62(58,59)51-44(55)33-15-19-36(20-16-33)53-27-23-32(24-28-53)43(54)40-12-8-7-11-39(40)31-13-17-34(46)18-14-31/h1,4-22,29,32,35,43,50,54H,23-28,30H2,2H3,(H,51,55)/t35?,43-/m1/s1. The molecular formula is C45H44ClF3N4O6S3. The van der Waals surface area contributed by atoms with Gasteiger partial charge in [-0.25, -0.2) is 21.6 Å². The number of amides is 1. The highest BCUT2D eigenvalue weighted by Gasteiger charge is 2.48. The number of anilines is 2. The molecule has 6 rings (SSSR count). The van der Waals surface area contributed by atoms with E-state index in [9.17, 15) is 39.9 Å². The topological polar surface area (TPSA) is 136 Å². The van der Waals surface area contributed by atoms with Crippen LogP contribution in [-0.4, -0.2) is 76.7 Å². The highest BCUT2D eigenvalue weighted by atomic mass is 35.5. The number of sulfonamides is 1. The van der Waals surface area contributed by atoms with Crippen LogP contribution < -0.4 is 14.9 Å². The fourth-order valence-electron chi connectivity index (χ4n) is 7.12. The largest absolute Gasteiger partial charge is 0.501 e. The Balaban J connectivity index is 1.14. The Kier molecular flexibility index (Phi) is 14.9. The van der Waals surface area contributed by atoms with E-state index in [1.165, 1.54) is 28.8 Å². The molecular weight excluding hydrogens is 881 g/mol. The van der Waals surface area contributed by atoms with Gasteiger partial charge in [-0.2, -0.15) is 13.2 Å². The van der Waals surface area contributed by atoms with E-state index in [-0.39, 0.29) is 11.5 Å². The molecule has 1 unspecified atom stereocenters. The normalized spacial score (nSPS) is 14.7. The van der Waals surface area contributed by atoms with Gasteiger partial charge in [-0.15, -0.1) is 11.8 Å². The van der Waals surface area contributed by atoms with Crippen LogP contribution in [0.5, 0.6) is 0 Å². The number of carbonyl (C=O) groups excluding carboxylic acids is 1. The van der Waals surface area contributed by atoms with E-state index in [0.717, 1.165) is 39.4 Å². The molecule has 3 N–H and O–H groups in total. The third kappa shape index (κ3) is 11.2. The summed E-state index contributed by atoms with van der Waals surface area (Å²) in [6.45, 7) is 1.52. The third-order valence-electron chi connectivity index (χ3n) is 10.6. The van der Waals surface area contributed by atoms with E-state index >= 15 is 0 Å². The van der Waals surface area contributed by atoms with Gasteiger partial charge in [0.25, 0.3) is 25.8 Å². The van der Waals surface area contributed by atoms with Crippen LogP contribution in [0.2, 0.25) is 5.02 Å². The van der Waals surface area contributed by atoms with Gasteiger partial charge in [-0.1, -0.05) is 72.6 Å². The SMILES string of the molecule is C#CN(C)CCC(CSc1ccccc1)Nc1ccc(S(=O)(=O)NC(=O)c2ccc(N3CCC([C@@H](O)c4ccccc4-c4ccc(Cl)cc4)CC3)cc2)cc1S(=O)(=O)C(F)(F)F. The van der Waals surface area contributed by atoms with Gasteiger partial charge in [0, 0.05) is 65.7 Å². The lowest BCUT2D eigenvalue weighted by Gasteiger charge is -2.36. The number of nitrogens with zero attached hydrogens (tertiary/aromatic N) is 2. The molecule has 0 saturated carbocycles. The number of aliphatic hydroxyl groups is 1. The first kappa shape index (κ1) is 46.3. The number of nitrogens with one attached hydrogen (secondary N) is 2. The number of aliphatic hydroxyl groups excluding tert-OH is 1. The number of alkyl halides is 3. The number of carbonyl (C=O) groups is 1. The average Bonchev–Trinajstić information content (AvgIpc) is 3.27. The van der Waals surface area contributed by atoms with Crippen LogP contribution >= 0.6 is 23.4 Å². The van der Waals surface area contributed by atoms with Crippen LogP contribution in [0.3, 0.4) is 0 Å². The van der Waals surface area contributed by atoms with Crippen LogP contribution in [0.25, 0.3) is 11.1 Å². The summed E-state index contributed by atoms with van der Waals surface area (Å²) in [5.41, 5.74) is -2.84. The number of thioether (sulfide) groups is 1. The minimum atomic E-state index is -6.08. The smallest absolute Gasteiger partial charge is 0.388 e. The Hall–Kier alpha value is -5.18. The lowest BCUT2D eigenvalue weighted by atomic mass is 9.84. The van der Waals surface area contributed by atoms with Gasteiger partial charge in [-0.3, -0.25) is 4.79 Å². The van der Waals surface area contributed by atoms with Crippen LogP contribution in [0.1, 0.15) is 41.3 Å². The zero-order chi connectivity index (χ0) is 44.7. The molecule has 326 valence electrons. The highest BCUT2D eigenvalue weighted by molar-refractivity contribution is 7.99. The lowest BCUT2D eigenvalue weighted by molar-refractivity contribution is -0.0435. The first-order valence-electron chi connectivity index (χ1n) is 19.5. The Morgan fingerprint density at radius 1 is 0.935 bits per heavy atom. The van der Waals surface area contributed by atoms with Gasteiger partial charge in [0.1, 0.15) is 4.90 Å². The van der Waals surface area contributed by atoms with Crippen LogP contribution in [0.15, 0.2) is 136 Å². The van der Waals surface area contributed by atoms with Crippen molar-refractivity contribution in [2.45, 2.75) is 51.6 Å². The first-order valence-corrected chi connectivity index (χ1v) is 23.8. The monoisotopic (exact) mass is 924 g/mol. The minimum absolute atomic E-state index is 0.0209. The lowest BCUT2D eigenvalue weighted by Crippen LogP contribution is -2.36. The number of halogens is 4. The molecule has 0 aromatic heterocycles. The van der Waals surface area contributed by atoms with Crippen LogP contribution in [0, 0.1) is 18.4 Å². The number of benzene rings is 5. The maximum Gasteiger partial charge on any atom is 0.501 e. The van der Waals surface area contributed by atoms with Gasteiger partial charge >= 0.3 is 5.51 Å². The number of piperidine rings is 1. The molecule has 5 aromatic carbocycles. The Morgan fingerprint density at radius 3 is 2.23 bits per heavy atom. The molecule has 0 bridgehead atoms. The number of rotatable bonds is 16. The summed E-state index contributed by atoms with van der Waals surface area (Å²) < 4.78 is 96.8. The van der Waals surface area contributed by atoms with Crippen molar-refractivity contribution in [3.63, 3.8) is 0 Å². The number of hydrogen-bond acceptors (Lipinski definition) is 10. The van der Waals surface area contributed by atoms with Crippen molar-refractivity contribution < 1.29 is 39.9 Å². The van der Waals surface area contributed by atoms with E-state index in [2.05, 4.69) is 16.3 Å². The number of sulfone groups is 1. The van der Waals surface area contributed by atoms with E-state index in [1.54, 1.807) is 19.2 Å². The van der Waals surface area contributed by atoms with E-state index in [4.69, 9.17) is 18.0 Å². The number of terminal acetylenes is 1. The molecule has 1 saturated heterocycles. The van der Waals surface area contributed by atoms with Crippen LogP contribution in [0.4, 0.5) is 24.5 Å². The molecule has 1 aliphatic rings. The fourth-order valence-corrected chi connectivity index (χ4v) is 10.3. The summed E-state index contributed by atoms with van der Waals surface area (Å²) in [7, 11) is -9.31. The zero-order valence-electron chi connectivity index (χ0n) is 33.4. The molecule has 0 radical (unpaired) electrons. The van der Waals surface area contributed by atoms with Crippen molar-refractivity contribution in [2.75, 3.05) is 42.7 Å². The van der Waals surface area contributed by atoms with Crippen molar-refractivity contribution in [3.05, 3.63) is 137 Å². The minimum Gasteiger partial charge on any atom is -0.388 e. The summed E-state index contributed by atoms with van der Waals surface area (Å²) in [6.07, 6.45) is 6.40. The summed E-state index contributed by atoms with van der Waals surface area (Å²) >= 11 is 7.47. The molecule has 0 aliphatic carbocycles. The molecule has 1 fully saturated rings. The average molecular weight is 926 g/mol. The molecule has 62 heavy (non-hydrogen) atoms. The van der Waals surface area contributed by atoms with Gasteiger partial charge in [-0.05, 0) is 109 Å². The molecule has 0 spiro atoms. The van der Waals surface area contributed by atoms with Crippen molar-refractivity contribution in [2.24, 2.45) is 5.92 Å². The maximum absolute atomic E-state index is 14.1. The van der Waals surface area contributed by atoms with Crippen molar-refractivity contribution in [3.8, 4) is 23.6 Å². The molecule has 1 amide bonds. The second-order valence-electron chi connectivity index (χ2n) is 14.8. The molecule has 17 heteroatoms. The van der Waals surface area contributed by atoms with Gasteiger partial charge < -0.3 is 20.2 Å². The molecule has 1 heterocycles. The van der Waals surface area contributed by atoms with E-state index in [0.29, 0.717) is 55.7 Å². The molecule has 1 aliphatic heterocycles.